The van der Waals surface area contributed by atoms with Gasteiger partial charge in [0.25, 0.3) is 0 Å². The summed E-state index contributed by atoms with van der Waals surface area (Å²) in [6.45, 7) is 2.28. The van der Waals surface area contributed by atoms with Crippen molar-refractivity contribution in [1.82, 2.24) is 10.2 Å². The van der Waals surface area contributed by atoms with Crippen LogP contribution in [0.25, 0.3) is 0 Å². The molecule has 1 aromatic carbocycles. The van der Waals surface area contributed by atoms with Gasteiger partial charge in [0.05, 0.1) is 11.1 Å². The molecule has 0 bridgehead atoms. The van der Waals surface area contributed by atoms with Gasteiger partial charge in [0.15, 0.2) is 11.6 Å². The predicted octanol–water partition coefficient (Wildman–Crippen LogP) is 1.03. The molecule has 0 aromatic heterocycles. The number of hydrogen-bond donors (Lipinski definition) is 2. The van der Waals surface area contributed by atoms with E-state index >= 15 is 0 Å². The van der Waals surface area contributed by atoms with Crippen LogP contribution < -0.4 is 10.6 Å². The van der Waals surface area contributed by atoms with Crippen LogP contribution in [0.2, 0.25) is 0 Å². The minimum absolute atomic E-state index is 0.0208. The number of hydrogen-bond acceptors (Lipinski definition) is 3. The predicted molar refractivity (Wildman–Crippen MR) is 80.8 cm³/mol. The molecule has 128 valence electrons. The molecule has 1 unspecified atom stereocenters. The second-order valence-corrected chi connectivity index (χ2v) is 6.46. The van der Waals surface area contributed by atoms with E-state index in [9.17, 15) is 23.2 Å². The number of anilines is 1. The molecule has 24 heavy (non-hydrogen) atoms. The number of likely N-dealkylation sites (tertiary alicyclic amines) is 1. The maximum atomic E-state index is 13.5. The molecule has 1 heterocycles. The third kappa shape index (κ3) is 2.95. The number of amides is 3. The molecule has 3 amide bonds. The van der Waals surface area contributed by atoms with Crippen LogP contribution in [0.4, 0.5) is 14.5 Å². The van der Waals surface area contributed by atoms with Gasteiger partial charge in [-0.15, -0.1) is 0 Å². The molecule has 1 aliphatic carbocycles. The average molecular weight is 337 g/mol. The minimum Gasteiger partial charge on any atom is -0.347 e. The van der Waals surface area contributed by atoms with Gasteiger partial charge in [-0.3, -0.25) is 14.4 Å². The highest BCUT2D eigenvalue weighted by Crippen LogP contribution is 2.39. The highest BCUT2D eigenvalue weighted by Gasteiger charge is 2.53. The standard InChI is InChI=1S/C16H17F2N3O3/c1-16(8-21(15(16)24)9-5-6-9)7-19-13(22)14(23)20-11-4-2-3-10(17)12(11)18/h2-4,9H,5-8H2,1H3,(H,19,22)(H,20,23). The van der Waals surface area contributed by atoms with E-state index in [-0.39, 0.29) is 12.5 Å². The first-order valence-electron chi connectivity index (χ1n) is 7.66. The van der Waals surface area contributed by atoms with Crippen molar-refractivity contribution < 1.29 is 23.2 Å². The normalized spacial score (nSPS) is 22.8. The maximum absolute atomic E-state index is 13.5. The van der Waals surface area contributed by atoms with Gasteiger partial charge in [-0.25, -0.2) is 8.78 Å². The Kier molecular flexibility index (Phi) is 3.98. The van der Waals surface area contributed by atoms with Crippen LogP contribution in [-0.4, -0.2) is 41.8 Å². The Labute approximate surface area is 137 Å². The lowest BCUT2D eigenvalue weighted by Crippen LogP contribution is -2.64. The third-order valence-electron chi connectivity index (χ3n) is 4.33. The Morgan fingerprint density at radius 1 is 1.29 bits per heavy atom. The number of benzene rings is 1. The molecular formula is C16H17F2N3O3. The van der Waals surface area contributed by atoms with Crippen LogP contribution in [0.15, 0.2) is 18.2 Å². The van der Waals surface area contributed by atoms with E-state index in [0.717, 1.165) is 25.0 Å². The number of rotatable bonds is 4. The molecule has 2 fully saturated rings. The number of nitrogens with one attached hydrogen (secondary N) is 2. The van der Waals surface area contributed by atoms with Crippen molar-refractivity contribution in [3.63, 3.8) is 0 Å². The first-order valence-corrected chi connectivity index (χ1v) is 7.66. The lowest BCUT2D eigenvalue weighted by atomic mass is 9.80. The summed E-state index contributed by atoms with van der Waals surface area (Å²) in [5.41, 5.74) is -1.14. The summed E-state index contributed by atoms with van der Waals surface area (Å²) >= 11 is 0. The summed E-state index contributed by atoms with van der Waals surface area (Å²) in [5, 5.41) is 4.38. The molecule has 1 aromatic rings. The second kappa shape index (κ2) is 5.85. The van der Waals surface area contributed by atoms with Crippen LogP contribution in [0.5, 0.6) is 0 Å². The summed E-state index contributed by atoms with van der Waals surface area (Å²) in [4.78, 5) is 37.4. The summed E-state index contributed by atoms with van der Waals surface area (Å²) in [6.07, 6.45) is 2.02. The van der Waals surface area contributed by atoms with Crippen molar-refractivity contribution in [3.05, 3.63) is 29.8 Å². The highest BCUT2D eigenvalue weighted by atomic mass is 19.2. The topological polar surface area (TPSA) is 78.5 Å². The van der Waals surface area contributed by atoms with E-state index in [2.05, 4.69) is 5.32 Å². The molecule has 1 saturated carbocycles. The summed E-state index contributed by atoms with van der Waals surface area (Å²) < 4.78 is 26.5. The SMILES string of the molecule is CC1(CNC(=O)C(=O)Nc2cccc(F)c2F)CN(C2CC2)C1=O. The van der Waals surface area contributed by atoms with Crippen LogP contribution in [0, 0.1) is 17.0 Å². The van der Waals surface area contributed by atoms with E-state index in [1.165, 1.54) is 6.07 Å². The second-order valence-electron chi connectivity index (χ2n) is 6.46. The van der Waals surface area contributed by atoms with Gasteiger partial charge >= 0.3 is 11.8 Å². The van der Waals surface area contributed by atoms with E-state index in [1.807, 2.05) is 5.32 Å². The van der Waals surface area contributed by atoms with Gasteiger partial charge in [0.1, 0.15) is 0 Å². The van der Waals surface area contributed by atoms with Crippen molar-refractivity contribution >= 4 is 23.4 Å². The fourth-order valence-corrected chi connectivity index (χ4v) is 2.72. The van der Waals surface area contributed by atoms with E-state index in [1.54, 1.807) is 11.8 Å². The van der Waals surface area contributed by atoms with E-state index in [0.29, 0.717) is 12.6 Å². The van der Waals surface area contributed by atoms with Crippen LogP contribution in [0.3, 0.4) is 0 Å². The lowest BCUT2D eigenvalue weighted by molar-refractivity contribution is -0.159. The Hall–Kier alpha value is -2.51. The number of β-lactam (4-membered cyclic amide) rings is 1. The molecule has 1 saturated heterocycles. The van der Waals surface area contributed by atoms with Gasteiger partial charge < -0.3 is 15.5 Å². The first kappa shape index (κ1) is 16.4. The maximum Gasteiger partial charge on any atom is 0.313 e. The Morgan fingerprint density at radius 3 is 2.62 bits per heavy atom. The Balaban J connectivity index is 1.52. The lowest BCUT2D eigenvalue weighted by Gasteiger charge is -2.47. The van der Waals surface area contributed by atoms with Crippen molar-refractivity contribution in [3.8, 4) is 0 Å². The minimum atomic E-state index is -1.24. The molecule has 1 atom stereocenters. The summed E-state index contributed by atoms with van der Waals surface area (Å²) in [5.74, 6) is -4.52. The first-order chi connectivity index (χ1) is 11.3. The number of carbonyl (C=O) groups is 3. The van der Waals surface area contributed by atoms with Crippen molar-refractivity contribution in [2.24, 2.45) is 5.41 Å². The largest absolute Gasteiger partial charge is 0.347 e. The monoisotopic (exact) mass is 337 g/mol. The molecule has 8 heteroatoms. The number of nitrogens with zero attached hydrogens (tertiary/aromatic N) is 1. The molecule has 3 rings (SSSR count). The quantitative estimate of drug-likeness (QED) is 0.636. The van der Waals surface area contributed by atoms with Gasteiger partial charge in [-0.1, -0.05) is 6.07 Å². The molecule has 2 aliphatic rings. The third-order valence-corrected chi connectivity index (χ3v) is 4.33. The zero-order chi connectivity index (χ0) is 17.5. The van der Waals surface area contributed by atoms with Crippen molar-refractivity contribution in [2.75, 3.05) is 18.4 Å². The fourth-order valence-electron chi connectivity index (χ4n) is 2.72. The molecule has 1 aliphatic heterocycles. The molecular weight excluding hydrogens is 320 g/mol. The molecule has 6 nitrogen and oxygen atoms in total. The van der Waals surface area contributed by atoms with Crippen LogP contribution in [-0.2, 0) is 14.4 Å². The number of carbonyl (C=O) groups excluding carboxylic acids is 3. The molecule has 0 spiro atoms. The Bertz CT molecular complexity index is 721. The summed E-state index contributed by atoms with van der Waals surface area (Å²) in [7, 11) is 0. The van der Waals surface area contributed by atoms with E-state index < -0.39 is 34.6 Å². The molecule has 2 N–H and O–H groups in total. The van der Waals surface area contributed by atoms with Gasteiger partial charge in [-0.2, -0.15) is 0 Å². The zero-order valence-electron chi connectivity index (χ0n) is 13.1. The van der Waals surface area contributed by atoms with Crippen molar-refractivity contribution in [2.45, 2.75) is 25.8 Å². The fraction of sp³-hybridized carbons (Fsp3) is 0.438. The van der Waals surface area contributed by atoms with Crippen LogP contribution in [0.1, 0.15) is 19.8 Å². The molecule has 0 radical (unpaired) electrons. The van der Waals surface area contributed by atoms with Crippen molar-refractivity contribution in [1.29, 1.82) is 0 Å². The smallest absolute Gasteiger partial charge is 0.313 e. The Morgan fingerprint density at radius 2 is 2.00 bits per heavy atom. The van der Waals surface area contributed by atoms with Gasteiger partial charge in [0.2, 0.25) is 5.91 Å². The average Bonchev–Trinajstić information content (AvgIpc) is 3.38. The highest BCUT2D eigenvalue weighted by molar-refractivity contribution is 6.39. The summed E-state index contributed by atoms with van der Waals surface area (Å²) in [6, 6.07) is 3.58. The van der Waals surface area contributed by atoms with Gasteiger partial charge in [-0.05, 0) is 31.9 Å². The van der Waals surface area contributed by atoms with E-state index in [4.69, 9.17) is 0 Å². The van der Waals surface area contributed by atoms with Gasteiger partial charge in [0, 0.05) is 19.1 Å². The van der Waals surface area contributed by atoms with Crippen LogP contribution >= 0.6 is 0 Å². The zero-order valence-corrected chi connectivity index (χ0v) is 13.1. The number of halogens is 2.